The molecule has 206 valence electrons. The SMILES string of the molecule is CCn1cc(-c2cc(C(F)(F)F)nc3sc(C(N)=O)c(NC(=O)c4cc(-c5cccc(OC)c5)n[nH]4)c23)c(C)n1. The normalized spacial score (nSPS) is 11.7. The summed E-state index contributed by atoms with van der Waals surface area (Å²) in [7, 11) is 1.53. The molecule has 0 saturated heterocycles. The van der Waals surface area contributed by atoms with E-state index in [-0.39, 0.29) is 32.0 Å². The predicted octanol–water partition coefficient (Wildman–Crippen LogP) is 5.26. The van der Waals surface area contributed by atoms with Crippen LogP contribution in [0.3, 0.4) is 0 Å². The Kier molecular flexibility index (Phi) is 6.79. The first-order valence-electron chi connectivity index (χ1n) is 11.9. The largest absolute Gasteiger partial charge is 0.497 e. The molecule has 0 aliphatic rings. The van der Waals surface area contributed by atoms with E-state index in [4.69, 9.17) is 10.5 Å². The Morgan fingerprint density at radius 3 is 2.62 bits per heavy atom. The van der Waals surface area contributed by atoms with Crippen LogP contribution in [0.15, 0.2) is 42.6 Å². The van der Waals surface area contributed by atoms with Crippen LogP contribution in [-0.4, -0.2) is 43.9 Å². The van der Waals surface area contributed by atoms with Crippen molar-refractivity contribution in [2.75, 3.05) is 12.4 Å². The molecule has 5 rings (SSSR count). The lowest BCUT2D eigenvalue weighted by molar-refractivity contribution is -0.140. The van der Waals surface area contributed by atoms with E-state index >= 15 is 0 Å². The highest BCUT2D eigenvalue weighted by atomic mass is 32.1. The summed E-state index contributed by atoms with van der Waals surface area (Å²) < 4.78 is 48.2. The lowest BCUT2D eigenvalue weighted by Crippen LogP contribution is -2.17. The van der Waals surface area contributed by atoms with Gasteiger partial charge in [0.25, 0.3) is 11.8 Å². The first kappa shape index (κ1) is 26.9. The van der Waals surface area contributed by atoms with Gasteiger partial charge >= 0.3 is 6.18 Å². The fraction of sp³-hybridized carbons (Fsp3) is 0.192. The standard InChI is InChI=1S/C26H22F3N7O3S/c1-4-36-11-16(12(2)35-36)15-9-19(26(27,28)29)31-25-20(15)21(22(40-25)23(30)37)32-24(38)18-10-17(33-34-18)13-6-5-7-14(8-13)39-3/h5-11H,4H2,1-3H3,(H2,30,37)(H,32,38)(H,33,34). The number of primary amides is 1. The number of anilines is 1. The van der Waals surface area contributed by atoms with Crippen LogP contribution >= 0.6 is 11.3 Å². The Bertz CT molecular complexity index is 1770. The summed E-state index contributed by atoms with van der Waals surface area (Å²) >= 11 is 0.666. The van der Waals surface area contributed by atoms with Gasteiger partial charge in [-0.15, -0.1) is 11.3 Å². The Labute approximate surface area is 229 Å². The highest BCUT2D eigenvalue weighted by Gasteiger charge is 2.35. The number of aromatic amines is 1. The molecule has 40 heavy (non-hydrogen) atoms. The number of thiophene rings is 1. The number of carbonyl (C=O) groups is 2. The predicted molar refractivity (Wildman–Crippen MR) is 143 cm³/mol. The van der Waals surface area contributed by atoms with Crippen LogP contribution in [-0.2, 0) is 12.7 Å². The first-order valence-corrected chi connectivity index (χ1v) is 12.7. The van der Waals surface area contributed by atoms with Crippen LogP contribution in [0.4, 0.5) is 18.9 Å². The fourth-order valence-electron chi connectivity index (χ4n) is 4.24. The number of halogens is 3. The van der Waals surface area contributed by atoms with Crippen molar-refractivity contribution in [1.29, 1.82) is 0 Å². The maximum atomic E-state index is 13.8. The number of benzene rings is 1. The van der Waals surface area contributed by atoms with Crippen molar-refractivity contribution in [3.8, 4) is 28.1 Å². The Morgan fingerprint density at radius 1 is 1.20 bits per heavy atom. The number of aromatic nitrogens is 5. The molecule has 1 aromatic carbocycles. The number of fused-ring (bicyclic) bond motifs is 1. The molecule has 4 aromatic heterocycles. The summed E-state index contributed by atoms with van der Waals surface area (Å²) in [6.45, 7) is 3.98. The molecule has 0 unspecified atom stereocenters. The van der Waals surface area contributed by atoms with Crippen LogP contribution in [0.1, 0.15) is 38.5 Å². The molecule has 4 heterocycles. The van der Waals surface area contributed by atoms with E-state index in [9.17, 15) is 22.8 Å². The van der Waals surface area contributed by atoms with Crippen molar-refractivity contribution < 1.29 is 27.5 Å². The summed E-state index contributed by atoms with van der Waals surface area (Å²) in [6.07, 6.45) is -3.16. The lowest BCUT2D eigenvalue weighted by atomic mass is 10.0. The number of nitrogens with one attached hydrogen (secondary N) is 2. The third-order valence-corrected chi connectivity index (χ3v) is 7.26. The number of aryl methyl sites for hydroxylation is 2. The Morgan fingerprint density at radius 2 is 1.98 bits per heavy atom. The van der Waals surface area contributed by atoms with Crippen molar-refractivity contribution in [1.82, 2.24) is 25.0 Å². The second-order valence-corrected chi connectivity index (χ2v) is 9.74. The minimum atomic E-state index is -4.76. The summed E-state index contributed by atoms with van der Waals surface area (Å²) in [5.74, 6) is -1.02. The summed E-state index contributed by atoms with van der Waals surface area (Å²) in [5, 5.41) is 14.0. The van der Waals surface area contributed by atoms with Gasteiger partial charge in [-0.25, -0.2) is 4.98 Å². The van der Waals surface area contributed by atoms with Gasteiger partial charge < -0.3 is 15.8 Å². The second kappa shape index (κ2) is 10.1. The monoisotopic (exact) mass is 569 g/mol. The number of methoxy groups -OCH3 is 1. The van der Waals surface area contributed by atoms with Gasteiger partial charge in [-0.3, -0.25) is 19.4 Å². The number of nitrogens with zero attached hydrogens (tertiary/aromatic N) is 4. The summed E-state index contributed by atoms with van der Waals surface area (Å²) in [5.41, 5.74) is 6.54. The number of alkyl halides is 3. The molecule has 0 bridgehead atoms. The smallest absolute Gasteiger partial charge is 0.433 e. The van der Waals surface area contributed by atoms with Gasteiger partial charge in [-0.1, -0.05) is 12.1 Å². The number of pyridine rings is 1. The van der Waals surface area contributed by atoms with Gasteiger partial charge in [0.2, 0.25) is 0 Å². The number of carbonyl (C=O) groups excluding carboxylic acids is 2. The lowest BCUT2D eigenvalue weighted by Gasteiger charge is -2.11. The number of amides is 2. The molecular formula is C26H22F3N7O3S. The molecule has 0 radical (unpaired) electrons. The summed E-state index contributed by atoms with van der Waals surface area (Å²) in [6, 6.07) is 9.44. The van der Waals surface area contributed by atoms with Crippen LogP contribution < -0.4 is 15.8 Å². The van der Waals surface area contributed by atoms with E-state index < -0.39 is 23.7 Å². The van der Waals surface area contributed by atoms with E-state index in [0.29, 0.717) is 46.1 Å². The van der Waals surface area contributed by atoms with Crippen molar-refractivity contribution >= 4 is 39.1 Å². The van der Waals surface area contributed by atoms with E-state index in [1.807, 2.05) is 6.92 Å². The topological polar surface area (TPSA) is 141 Å². The number of hydrogen-bond donors (Lipinski definition) is 3. The average Bonchev–Trinajstić information content (AvgIpc) is 3.65. The molecule has 0 atom stereocenters. The van der Waals surface area contributed by atoms with Gasteiger partial charge in [0.15, 0.2) is 0 Å². The second-order valence-electron chi connectivity index (χ2n) is 8.74. The van der Waals surface area contributed by atoms with Crippen LogP contribution in [0.25, 0.3) is 32.6 Å². The first-order chi connectivity index (χ1) is 19.0. The number of H-pyrrole nitrogens is 1. The highest BCUT2D eigenvalue weighted by molar-refractivity contribution is 7.21. The van der Waals surface area contributed by atoms with E-state index in [1.54, 1.807) is 42.1 Å². The maximum Gasteiger partial charge on any atom is 0.433 e. The van der Waals surface area contributed by atoms with Gasteiger partial charge in [0.1, 0.15) is 26.8 Å². The molecule has 2 amide bonds. The maximum absolute atomic E-state index is 13.8. The van der Waals surface area contributed by atoms with E-state index in [0.717, 1.165) is 6.07 Å². The molecule has 0 saturated carbocycles. The molecule has 0 spiro atoms. The Hall–Kier alpha value is -4.72. The van der Waals surface area contributed by atoms with Crippen LogP contribution in [0, 0.1) is 6.92 Å². The van der Waals surface area contributed by atoms with Crippen molar-refractivity contribution in [2.45, 2.75) is 26.6 Å². The molecule has 0 aliphatic carbocycles. The quantitative estimate of drug-likeness (QED) is 0.244. The van der Waals surface area contributed by atoms with Gasteiger partial charge in [-0.05, 0) is 43.7 Å². The van der Waals surface area contributed by atoms with Crippen molar-refractivity contribution in [3.05, 3.63) is 64.6 Å². The molecular weight excluding hydrogens is 547 g/mol. The van der Waals surface area contributed by atoms with Crippen LogP contribution in [0.2, 0.25) is 0 Å². The zero-order chi connectivity index (χ0) is 28.8. The minimum absolute atomic E-state index is 0.0454. The number of rotatable bonds is 7. The zero-order valence-electron chi connectivity index (χ0n) is 21.4. The fourth-order valence-corrected chi connectivity index (χ4v) is 5.25. The molecule has 5 aromatic rings. The summed E-state index contributed by atoms with van der Waals surface area (Å²) in [4.78, 5) is 29.2. The third-order valence-electron chi connectivity index (χ3n) is 6.16. The zero-order valence-corrected chi connectivity index (χ0v) is 22.2. The van der Waals surface area contributed by atoms with Crippen LogP contribution in [0.5, 0.6) is 5.75 Å². The third kappa shape index (κ3) is 4.88. The van der Waals surface area contributed by atoms with Crippen molar-refractivity contribution in [3.63, 3.8) is 0 Å². The minimum Gasteiger partial charge on any atom is -0.497 e. The molecule has 0 fully saturated rings. The van der Waals surface area contributed by atoms with E-state index in [2.05, 4.69) is 25.6 Å². The number of nitrogens with two attached hydrogens (primary N) is 1. The molecule has 14 heteroatoms. The number of hydrogen-bond acceptors (Lipinski definition) is 7. The molecule has 0 aliphatic heterocycles. The Balaban J connectivity index is 1.64. The van der Waals surface area contributed by atoms with Gasteiger partial charge in [0, 0.05) is 29.3 Å². The van der Waals surface area contributed by atoms with Crippen molar-refractivity contribution in [2.24, 2.45) is 5.73 Å². The van der Waals surface area contributed by atoms with Gasteiger partial charge in [-0.2, -0.15) is 23.4 Å². The molecule has 10 nitrogen and oxygen atoms in total. The molecule has 4 N–H and O–H groups in total. The average molecular weight is 570 g/mol. The number of ether oxygens (including phenoxy) is 1. The highest BCUT2D eigenvalue weighted by Crippen LogP contribution is 2.44. The van der Waals surface area contributed by atoms with E-state index in [1.165, 1.54) is 13.2 Å². The van der Waals surface area contributed by atoms with Gasteiger partial charge in [0.05, 0.1) is 24.2 Å².